The van der Waals surface area contributed by atoms with Crippen LogP contribution in [0.4, 0.5) is 4.39 Å². The topological polar surface area (TPSA) is 29.3 Å². The van der Waals surface area contributed by atoms with Crippen molar-refractivity contribution in [3.63, 3.8) is 0 Å². The molecule has 94 valence electrons. The number of nitrogens with zero attached hydrogens (tertiary/aromatic N) is 1. The van der Waals surface area contributed by atoms with E-state index in [1.165, 1.54) is 18.6 Å². The maximum Gasteiger partial charge on any atom is 0.123 e. The minimum absolute atomic E-state index is 0.107. The Hall–Kier alpha value is -0.930. The molecule has 0 bridgehead atoms. The van der Waals surface area contributed by atoms with Crippen LogP contribution in [0.15, 0.2) is 24.3 Å². The first kappa shape index (κ1) is 12.5. The minimum atomic E-state index is -0.212. The number of hydrogen-bond donors (Lipinski definition) is 1. The molecule has 2 N–H and O–H groups in total. The van der Waals surface area contributed by atoms with E-state index < -0.39 is 0 Å². The first-order valence-electron chi connectivity index (χ1n) is 6.26. The monoisotopic (exact) mass is 236 g/mol. The van der Waals surface area contributed by atoms with Crippen molar-refractivity contribution in [1.29, 1.82) is 0 Å². The molecule has 2 rings (SSSR count). The van der Waals surface area contributed by atoms with Gasteiger partial charge in [0.1, 0.15) is 5.82 Å². The van der Waals surface area contributed by atoms with Gasteiger partial charge in [-0.25, -0.2) is 4.39 Å². The zero-order valence-electron chi connectivity index (χ0n) is 10.6. The van der Waals surface area contributed by atoms with E-state index >= 15 is 0 Å². The Labute approximate surface area is 103 Å². The van der Waals surface area contributed by atoms with Gasteiger partial charge in [-0.15, -0.1) is 0 Å². The van der Waals surface area contributed by atoms with Crippen LogP contribution in [0.1, 0.15) is 24.9 Å². The molecule has 1 aromatic rings. The van der Waals surface area contributed by atoms with Crippen LogP contribution in [0.25, 0.3) is 0 Å². The highest BCUT2D eigenvalue weighted by molar-refractivity contribution is 5.20. The van der Waals surface area contributed by atoms with E-state index in [2.05, 4.69) is 18.9 Å². The van der Waals surface area contributed by atoms with Crippen LogP contribution in [-0.4, -0.2) is 25.0 Å². The molecule has 1 saturated carbocycles. The molecular formula is C14H21FN2. The molecule has 1 fully saturated rings. The zero-order valence-corrected chi connectivity index (χ0v) is 10.6. The molecule has 1 aliphatic carbocycles. The number of nitrogens with two attached hydrogens (primary N) is 1. The molecule has 1 aromatic carbocycles. The van der Waals surface area contributed by atoms with Gasteiger partial charge in [0, 0.05) is 19.1 Å². The molecular weight excluding hydrogens is 215 g/mol. The zero-order chi connectivity index (χ0) is 12.4. The van der Waals surface area contributed by atoms with E-state index in [-0.39, 0.29) is 11.9 Å². The first-order valence-corrected chi connectivity index (χ1v) is 6.26. The molecule has 3 atom stereocenters. The smallest absolute Gasteiger partial charge is 0.123 e. The van der Waals surface area contributed by atoms with Crippen molar-refractivity contribution >= 4 is 0 Å². The van der Waals surface area contributed by atoms with Crippen LogP contribution in [0.2, 0.25) is 0 Å². The summed E-state index contributed by atoms with van der Waals surface area (Å²) in [5, 5.41) is 0. The van der Waals surface area contributed by atoms with Crippen molar-refractivity contribution in [2.75, 3.05) is 20.1 Å². The normalized spacial score (nSPS) is 25.0. The van der Waals surface area contributed by atoms with Crippen molar-refractivity contribution in [3.8, 4) is 0 Å². The van der Waals surface area contributed by atoms with Crippen LogP contribution in [0.3, 0.4) is 0 Å². The third-order valence-electron chi connectivity index (χ3n) is 3.61. The number of likely N-dealkylation sites (N-methyl/N-ethyl adjacent to an activating group) is 1. The third kappa shape index (κ3) is 3.51. The highest BCUT2D eigenvalue weighted by Crippen LogP contribution is 2.38. The number of halogens is 1. The summed E-state index contributed by atoms with van der Waals surface area (Å²) in [6.45, 7) is 4.17. The summed E-state index contributed by atoms with van der Waals surface area (Å²) in [5.74, 6) is 1.49. The maximum absolute atomic E-state index is 13.1. The predicted molar refractivity (Wildman–Crippen MR) is 68.1 cm³/mol. The van der Waals surface area contributed by atoms with Gasteiger partial charge in [-0.05, 0) is 43.0 Å². The lowest BCUT2D eigenvalue weighted by Crippen LogP contribution is -2.30. The Bertz CT molecular complexity index is 380. The summed E-state index contributed by atoms with van der Waals surface area (Å²) in [6.07, 6.45) is 1.33. The summed E-state index contributed by atoms with van der Waals surface area (Å²) in [5.41, 5.74) is 6.96. The molecule has 0 heterocycles. The Morgan fingerprint density at radius 3 is 2.82 bits per heavy atom. The lowest BCUT2D eigenvalue weighted by atomic mass is 10.1. The number of rotatable bonds is 5. The minimum Gasteiger partial charge on any atom is -0.323 e. The fraction of sp³-hybridized carbons (Fsp3) is 0.571. The number of hydrogen-bond acceptors (Lipinski definition) is 2. The third-order valence-corrected chi connectivity index (χ3v) is 3.61. The van der Waals surface area contributed by atoms with E-state index in [9.17, 15) is 4.39 Å². The van der Waals surface area contributed by atoms with Gasteiger partial charge in [-0.2, -0.15) is 0 Å². The Kier molecular flexibility index (Phi) is 3.79. The molecule has 0 radical (unpaired) electrons. The van der Waals surface area contributed by atoms with Crippen LogP contribution >= 0.6 is 0 Å². The quantitative estimate of drug-likeness (QED) is 0.850. The summed E-state index contributed by atoms with van der Waals surface area (Å²) in [4.78, 5) is 2.25. The molecule has 1 aliphatic rings. The second kappa shape index (κ2) is 5.15. The van der Waals surface area contributed by atoms with Gasteiger partial charge in [-0.3, -0.25) is 0 Å². The molecule has 0 saturated heterocycles. The van der Waals surface area contributed by atoms with Gasteiger partial charge < -0.3 is 10.6 Å². The lowest BCUT2D eigenvalue weighted by Gasteiger charge is -2.21. The number of benzene rings is 1. The Morgan fingerprint density at radius 2 is 2.24 bits per heavy atom. The lowest BCUT2D eigenvalue weighted by molar-refractivity contribution is 0.295. The fourth-order valence-electron chi connectivity index (χ4n) is 2.31. The van der Waals surface area contributed by atoms with Crippen LogP contribution < -0.4 is 5.73 Å². The predicted octanol–water partition coefficient (Wildman–Crippen LogP) is 2.41. The van der Waals surface area contributed by atoms with Crippen molar-refractivity contribution in [2.24, 2.45) is 17.6 Å². The molecule has 2 nitrogen and oxygen atoms in total. The fourth-order valence-corrected chi connectivity index (χ4v) is 2.31. The molecule has 0 aromatic heterocycles. The van der Waals surface area contributed by atoms with Crippen molar-refractivity contribution in [1.82, 2.24) is 4.90 Å². The average Bonchev–Trinajstić information content (AvgIpc) is 2.93. The van der Waals surface area contributed by atoms with Crippen molar-refractivity contribution in [2.45, 2.75) is 19.4 Å². The van der Waals surface area contributed by atoms with E-state index in [0.717, 1.165) is 30.5 Å². The molecule has 3 unspecified atom stereocenters. The first-order chi connectivity index (χ1) is 8.06. The maximum atomic E-state index is 13.1. The second-order valence-corrected chi connectivity index (χ2v) is 5.36. The summed E-state index contributed by atoms with van der Waals surface area (Å²) in [7, 11) is 2.09. The molecule has 0 amide bonds. The van der Waals surface area contributed by atoms with Gasteiger partial charge in [0.2, 0.25) is 0 Å². The van der Waals surface area contributed by atoms with Gasteiger partial charge in [-0.1, -0.05) is 19.1 Å². The van der Waals surface area contributed by atoms with Gasteiger partial charge in [0.25, 0.3) is 0 Å². The summed E-state index contributed by atoms with van der Waals surface area (Å²) in [6, 6.07) is 6.48. The van der Waals surface area contributed by atoms with Crippen LogP contribution in [0, 0.1) is 17.7 Å². The van der Waals surface area contributed by atoms with Crippen LogP contribution in [0.5, 0.6) is 0 Å². The Morgan fingerprint density at radius 1 is 1.53 bits per heavy atom. The van der Waals surface area contributed by atoms with Gasteiger partial charge >= 0.3 is 0 Å². The van der Waals surface area contributed by atoms with E-state index in [4.69, 9.17) is 5.73 Å². The Balaban J connectivity index is 1.85. The van der Waals surface area contributed by atoms with Gasteiger partial charge in [0.15, 0.2) is 0 Å². The summed E-state index contributed by atoms with van der Waals surface area (Å²) >= 11 is 0. The van der Waals surface area contributed by atoms with E-state index in [0.29, 0.717) is 0 Å². The van der Waals surface area contributed by atoms with Crippen molar-refractivity contribution in [3.05, 3.63) is 35.6 Å². The standard InChI is InChI=1S/C14H21FN2/c1-10-6-12(10)8-17(2)9-14(16)11-4-3-5-13(15)7-11/h3-5,7,10,12,14H,6,8-9,16H2,1-2H3. The molecule has 3 heteroatoms. The second-order valence-electron chi connectivity index (χ2n) is 5.36. The summed E-state index contributed by atoms with van der Waals surface area (Å²) < 4.78 is 13.1. The van der Waals surface area contributed by atoms with Crippen molar-refractivity contribution < 1.29 is 4.39 Å². The van der Waals surface area contributed by atoms with Crippen LogP contribution in [-0.2, 0) is 0 Å². The highest BCUT2D eigenvalue weighted by Gasteiger charge is 2.33. The molecule has 17 heavy (non-hydrogen) atoms. The average molecular weight is 236 g/mol. The van der Waals surface area contributed by atoms with Gasteiger partial charge in [0.05, 0.1) is 0 Å². The highest BCUT2D eigenvalue weighted by atomic mass is 19.1. The molecule has 0 spiro atoms. The molecule has 0 aliphatic heterocycles. The van der Waals surface area contributed by atoms with E-state index in [1.807, 2.05) is 6.07 Å². The van der Waals surface area contributed by atoms with E-state index in [1.54, 1.807) is 6.07 Å². The largest absolute Gasteiger partial charge is 0.323 e. The SMILES string of the molecule is CC1CC1CN(C)CC(N)c1cccc(F)c1.